The van der Waals surface area contributed by atoms with Gasteiger partial charge in [-0.15, -0.1) is 11.3 Å². The van der Waals surface area contributed by atoms with Gasteiger partial charge in [-0.25, -0.2) is 4.98 Å². The highest BCUT2D eigenvalue weighted by Gasteiger charge is 2.11. The van der Waals surface area contributed by atoms with Crippen LogP contribution in [0.1, 0.15) is 45.4 Å². The molecule has 1 aromatic heterocycles. The normalized spacial score (nSPS) is 11.7. The molecule has 0 aliphatic heterocycles. The van der Waals surface area contributed by atoms with Crippen molar-refractivity contribution in [3.05, 3.63) is 11.1 Å². The van der Waals surface area contributed by atoms with E-state index in [0.29, 0.717) is 5.13 Å². The molecule has 4 heteroatoms. The van der Waals surface area contributed by atoms with Crippen LogP contribution in [0.5, 0.6) is 0 Å². The third kappa shape index (κ3) is 4.07. The van der Waals surface area contributed by atoms with Crippen molar-refractivity contribution in [1.29, 1.82) is 0 Å². The lowest BCUT2D eigenvalue weighted by Gasteiger charge is -2.10. The SMILES string of the molecule is CC.CCCC(OC)c1csc(N)n1. The van der Waals surface area contributed by atoms with Crippen LogP contribution >= 0.6 is 11.3 Å². The number of nitrogens with two attached hydrogens (primary N) is 1. The number of nitrogen functional groups attached to an aromatic ring is 1. The van der Waals surface area contributed by atoms with Crippen LogP contribution in [0, 0.1) is 0 Å². The van der Waals surface area contributed by atoms with Gasteiger partial charge in [0, 0.05) is 12.5 Å². The van der Waals surface area contributed by atoms with Crippen LogP contribution in [-0.4, -0.2) is 12.1 Å². The maximum atomic E-state index is 5.52. The first kappa shape index (κ1) is 13.4. The number of hydrogen-bond donors (Lipinski definition) is 1. The van der Waals surface area contributed by atoms with Crippen molar-refractivity contribution in [3.8, 4) is 0 Å². The molecule has 0 aromatic carbocycles. The summed E-state index contributed by atoms with van der Waals surface area (Å²) in [4.78, 5) is 4.17. The van der Waals surface area contributed by atoms with Crippen molar-refractivity contribution in [2.45, 2.75) is 39.7 Å². The van der Waals surface area contributed by atoms with Crippen LogP contribution < -0.4 is 5.73 Å². The number of rotatable bonds is 4. The van der Waals surface area contributed by atoms with E-state index in [4.69, 9.17) is 10.5 Å². The Morgan fingerprint density at radius 2 is 2.21 bits per heavy atom. The predicted octanol–water partition coefficient (Wildman–Crippen LogP) is 3.24. The Kier molecular flexibility index (Phi) is 7.42. The van der Waals surface area contributed by atoms with Crippen molar-refractivity contribution in [1.82, 2.24) is 4.98 Å². The molecule has 0 spiro atoms. The highest BCUT2D eigenvalue weighted by molar-refractivity contribution is 7.13. The fraction of sp³-hybridized carbons (Fsp3) is 0.700. The molecule has 14 heavy (non-hydrogen) atoms. The van der Waals surface area contributed by atoms with Gasteiger partial charge in [-0.2, -0.15) is 0 Å². The number of nitrogens with zero attached hydrogens (tertiary/aromatic N) is 1. The van der Waals surface area contributed by atoms with Crippen molar-refractivity contribution in [2.75, 3.05) is 12.8 Å². The van der Waals surface area contributed by atoms with Crippen LogP contribution in [0.3, 0.4) is 0 Å². The van der Waals surface area contributed by atoms with Gasteiger partial charge >= 0.3 is 0 Å². The van der Waals surface area contributed by atoms with Gasteiger partial charge in [-0.05, 0) is 6.42 Å². The van der Waals surface area contributed by atoms with E-state index in [9.17, 15) is 0 Å². The third-order valence-corrected chi connectivity index (χ3v) is 2.40. The maximum Gasteiger partial charge on any atom is 0.180 e. The molecule has 0 fully saturated rings. The highest BCUT2D eigenvalue weighted by Crippen LogP contribution is 2.24. The zero-order chi connectivity index (χ0) is 11.0. The Morgan fingerprint density at radius 1 is 1.57 bits per heavy atom. The van der Waals surface area contributed by atoms with Gasteiger partial charge in [0.15, 0.2) is 5.13 Å². The summed E-state index contributed by atoms with van der Waals surface area (Å²) in [6.45, 7) is 6.13. The molecule has 1 atom stereocenters. The second-order valence-electron chi connectivity index (χ2n) is 2.62. The molecule has 0 aliphatic rings. The first-order chi connectivity index (χ1) is 6.77. The highest BCUT2D eigenvalue weighted by atomic mass is 32.1. The minimum absolute atomic E-state index is 0.114. The standard InChI is InChI=1S/C8H14N2OS.C2H6/c1-3-4-7(11-2)6-5-12-8(9)10-6;1-2/h5,7H,3-4H2,1-2H3,(H2,9,10);1-2H3. The van der Waals surface area contributed by atoms with Crippen LogP contribution in [0.2, 0.25) is 0 Å². The average Bonchev–Trinajstić information content (AvgIpc) is 2.64. The Hall–Kier alpha value is -0.610. The van der Waals surface area contributed by atoms with Gasteiger partial charge in [0.05, 0.1) is 11.8 Å². The second-order valence-corrected chi connectivity index (χ2v) is 3.51. The number of methoxy groups -OCH3 is 1. The van der Waals surface area contributed by atoms with Gasteiger partial charge in [0.25, 0.3) is 0 Å². The van der Waals surface area contributed by atoms with E-state index in [-0.39, 0.29) is 6.10 Å². The van der Waals surface area contributed by atoms with Gasteiger partial charge in [0.2, 0.25) is 0 Å². The molecule has 3 nitrogen and oxygen atoms in total. The van der Waals surface area contributed by atoms with E-state index < -0.39 is 0 Å². The maximum absolute atomic E-state index is 5.52. The van der Waals surface area contributed by atoms with E-state index in [1.807, 2.05) is 19.2 Å². The van der Waals surface area contributed by atoms with Crippen molar-refractivity contribution in [2.24, 2.45) is 0 Å². The number of aromatic nitrogens is 1. The number of hydrogen-bond acceptors (Lipinski definition) is 4. The molecule has 1 aromatic rings. The first-order valence-electron chi connectivity index (χ1n) is 5.01. The molecule has 0 saturated carbocycles. The number of ether oxygens (including phenoxy) is 1. The summed E-state index contributed by atoms with van der Waals surface area (Å²) in [5, 5.41) is 2.57. The Bertz CT molecular complexity index is 238. The summed E-state index contributed by atoms with van der Waals surface area (Å²) < 4.78 is 5.28. The second kappa shape index (κ2) is 7.76. The molecule has 0 amide bonds. The molecule has 82 valence electrons. The van der Waals surface area contributed by atoms with E-state index in [0.717, 1.165) is 18.5 Å². The summed E-state index contributed by atoms with van der Waals surface area (Å²) in [5.41, 5.74) is 6.48. The minimum atomic E-state index is 0.114. The van der Waals surface area contributed by atoms with Gasteiger partial charge in [-0.1, -0.05) is 27.2 Å². The number of anilines is 1. The Morgan fingerprint density at radius 3 is 2.57 bits per heavy atom. The van der Waals surface area contributed by atoms with Crippen LogP contribution in [0.15, 0.2) is 5.38 Å². The largest absolute Gasteiger partial charge is 0.375 e. The first-order valence-corrected chi connectivity index (χ1v) is 5.89. The van der Waals surface area contributed by atoms with Crippen molar-refractivity contribution in [3.63, 3.8) is 0 Å². The summed E-state index contributed by atoms with van der Waals surface area (Å²) in [6.07, 6.45) is 2.21. The van der Waals surface area contributed by atoms with Crippen molar-refractivity contribution >= 4 is 16.5 Å². The fourth-order valence-corrected chi connectivity index (χ4v) is 1.70. The lowest BCUT2D eigenvalue weighted by molar-refractivity contribution is 0.0921. The molecule has 0 radical (unpaired) electrons. The fourth-order valence-electron chi connectivity index (χ4n) is 1.10. The predicted molar refractivity (Wildman–Crippen MR) is 62.5 cm³/mol. The number of thiazole rings is 1. The van der Waals surface area contributed by atoms with Crippen LogP contribution in [0.4, 0.5) is 5.13 Å². The zero-order valence-corrected chi connectivity index (χ0v) is 10.2. The molecule has 0 aliphatic carbocycles. The van der Waals surface area contributed by atoms with Gasteiger partial charge < -0.3 is 10.5 Å². The monoisotopic (exact) mass is 216 g/mol. The van der Waals surface area contributed by atoms with E-state index in [1.54, 1.807) is 7.11 Å². The van der Waals surface area contributed by atoms with E-state index in [2.05, 4.69) is 11.9 Å². The Balaban J connectivity index is 0.000000791. The van der Waals surface area contributed by atoms with Crippen molar-refractivity contribution < 1.29 is 4.74 Å². The lowest BCUT2D eigenvalue weighted by Crippen LogP contribution is -2.01. The molecule has 2 N–H and O–H groups in total. The molecule has 0 saturated heterocycles. The summed E-state index contributed by atoms with van der Waals surface area (Å²) in [7, 11) is 1.70. The summed E-state index contributed by atoms with van der Waals surface area (Å²) in [5.74, 6) is 0. The lowest BCUT2D eigenvalue weighted by atomic mass is 10.2. The molecular formula is C10H20N2OS. The average molecular weight is 216 g/mol. The Labute approximate surface area is 90.3 Å². The molecule has 1 rings (SSSR count). The molecule has 1 unspecified atom stereocenters. The van der Waals surface area contributed by atoms with E-state index >= 15 is 0 Å². The van der Waals surface area contributed by atoms with Crippen LogP contribution in [0.25, 0.3) is 0 Å². The third-order valence-electron chi connectivity index (χ3n) is 1.70. The quantitative estimate of drug-likeness (QED) is 0.840. The van der Waals surface area contributed by atoms with E-state index in [1.165, 1.54) is 11.3 Å². The smallest absolute Gasteiger partial charge is 0.180 e. The summed E-state index contributed by atoms with van der Waals surface area (Å²) in [6, 6.07) is 0. The molecular weight excluding hydrogens is 196 g/mol. The molecule has 0 bridgehead atoms. The minimum Gasteiger partial charge on any atom is -0.375 e. The molecule has 1 heterocycles. The van der Waals surface area contributed by atoms with Gasteiger partial charge in [-0.3, -0.25) is 0 Å². The van der Waals surface area contributed by atoms with Crippen LogP contribution in [-0.2, 0) is 4.74 Å². The topological polar surface area (TPSA) is 48.1 Å². The van der Waals surface area contributed by atoms with Gasteiger partial charge in [0.1, 0.15) is 0 Å². The summed E-state index contributed by atoms with van der Waals surface area (Å²) >= 11 is 1.46. The zero-order valence-electron chi connectivity index (χ0n) is 9.41.